The Morgan fingerprint density at radius 3 is 2.91 bits per heavy atom. The number of hydrogen-bond donors (Lipinski definition) is 2. The number of rotatable bonds is 5. The van der Waals surface area contributed by atoms with E-state index in [4.69, 9.17) is 10.5 Å². The molecular formula is C18H19N3O2. The van der Waals surface area contributed by atoms with Gasteiger partial charge in [-0.25, -0.2) is 4.98 Å². The van der Waals surface area contributed by atoms with Crippen LogP contribution in [0.1, 0.15) is 29.4 Å². The molecule has 0 aliphatic heterocycles. The molecule has 5 nitrogen and oxygen atoms in total. The molecule has 0 atom stereocenters. The van der Waals surface area contributed by atoms with Crippen LogP contribution in [0.2, 0.25) is 0 Å². The van der Waals surface area contributed by atoms with Crippen LogP contribution in [-0.2, 0) is 0 Å². The van der Waals surface area contributed by atoms with Gasteiger partial charge in [0.15, 0.2) is 0 Å². The Hall–Kier alpha value is -3.00. The zero-order valence-electron chi connectivity index (χ0n) is 13.2. The van der Waals surface area contributed by atoms with E-state index in [0.717, 1.165) is 5.69 Å². The Labute approximate surface area is 135 Å². The highest BCUT2D eigenvalue weighted by Gasteiger charge is 2.11. The number of carbonyl (C=O) groups excluding carboxylic acids is 1. The van der Waals surface area contributed by atoms with Crippen LogP contribution in [-0.4, -0.2) is 17.5 Å². The lowest BCUT2D eigenvalue weighted by molar-refractivity contribution is 0.102. The predicted octanol–water partition coefficient (Wildman–Crippen LogP) is 3.02. The molecule has 0 spiro atoms. The number of aromatic nitrogens is 1. The molecule has 2 aromatic rings. The first-order valence-corrected chi connectivity index (χ1v) is 7.27. The lowest BCUT2D eigenvalue weighted by Gasteiger charge is -2.09. The van der Waals surface area contributed by atoms with Gasteiger partial charge in [-0.1, -0.05) is 6.07 Å². The third kappa shape index (κ3) is 4.75. The van der Waals surface area contributed by atoms with Crippen molar-refractivity contribution in [2.75, 3.05) is 17.7 Å². The largest absolute Gasteiger partial charge is 0.493 e. The van der Waals surface area contributed by atoms with Gasteiger partial charge in [-0.2, -0.15) is 0 Å². The number of nitrogens with two attached hydrogens (primary N) is 1. The van der Waals surface area contributed by atoms with E-state index < -0.39 is 0 Å². The molecular weight excluding hydrogens is 290 g/mol. The van der Waals surface area contributed by atoms with Gasteiger partial charge in [-0.3, -0.25) is 4.79 Å². The van der Waals surface area contributed by atoms with Crippen molar-refractivity contribution in [3.05, 3.63) is 47.7 Å². The van der Waals surface area contributed by atoms with Crippen LogP contribution in [0.25, 0.3) is 0 Å². The summed E-state index contributed by atoms with van der Waals surface area (Å²) in [7, 11) is 0. The number of aryl methyl sites for hydroxylation is 1. The smallest absolute Gasteiger partial charge is 0.259 e. The number of nitrogen functional groups attached to an aromatic ring is 1. The Morgan fingerprint density at radius 1 is 1.35 bits per heavy atom. The van der Waals surface area contributed by atoms with E-state index in [2.05, 4.69) is 22.1 Å². The van der Waals surface area contributed by atoms with Crippen molar-refractivity contribution in [1.82, 2.24) is 4.98 Å². The first-order valence-electron chi connectivity index (χ1n) is 7.27. The van der Waals surface area contributed by atoms with Crippen LogP contribution >= 0.6 is 0 Å². The summed E-state index contributed by atoms with van der Waals surface area (Å²) in [6.07, 6.45) is 0.665. The maximum atomic E-state index is 12.3. The Morgan fingerprint density at radius 2 is 2.17 bits per heavy atom. The first-order chi connectivity index (χ1) is 11.1. The number of amides is 1. The maximum absolute atomic E-state index is 12.3. The van der Waals surface area contributed by atoms with Gasteiger partial charge in [-0.05, 0) is 38.1 Å². The van der Waals surface area contributed by atoms with Gasteiger partial charge in [0.2, 0.25) is 0 Å². The molecule has 1 aromatic carbocycles. The highest BCUT2D eigenvalue weighted by atomic mass is 16.5. The molecule has 0 bridgehead atoms. The van der Waals surface area contributed by atoms with Gasteiger partial charge < -0.3 is 15.8 Å². The summed E-state index contributed by atoms with van der Waals surface area (Å²) in [5.74, 6) is 6.34. The minimum Gasteiger partial charge on any atom is -0.493 e. The molecule has 0 aliphatic carbocycles. The van der Waals surface area contributed by atoms with Gasteiger partial charge in [0.1, 0.15) is 11.6 Å². The topological polar surface area (TPSA) is 77.2 Å². The standard InChI is InChI=1S/C18H19N3O2/c1-3-4-5-11-23-15-8-6-7-14(12-15)21-18(22)16-10-9-13(2)20-17(16)19/h6-10,12H,5,11H2,1-2H3,(H2,19,20)(H,21,22). The summed E-state index contributed by atoms with van der Waals surface area (Å²) in [6, 6.07) is 10.6. The zero-order valence-corrected chi connectivity index (χ0v) is 13.2. The van der Waals surface area contributed by atoms with Crippen molar-refractivity contribution in [2.45, 2.75) is 20.3 Å². The van der Waals surface area contributed by atoms with E-state index in [-0.39, 0.29) is 11.7 Å². The van der Waals surface area contributed by atoms with E-state index in [0.29, 0.717) is 30.0 Å². The SMILES string of the molecule is CC#CCCOc1cccc(NC(=O)c2ccc(C)nc2N)c1. The number of carbonyl (C=O) groups is 1. The third-order valence-electron chi connectivity index (χ3n) is 3.07. The highest BCUT2D eigenvalue weighted by Crippen LogP contribution is 2.19. The van der Waals surface area contributed by atoms with E-state index >= 15 is 0 Å². The second-order valence-corrected chi connectivity index (χ2v) is 4.89. The molecule has 1 heterocycles. The molecule has 3 N–H and O–H groups in total. The third-order valence-corrected chi connectivity index (χ3v) is 3.07. The van der Waals surface area contributed by atoms with Crippen LogP contribution in [0.3, 0.4) is 0 Å². The molecule has 1 amide bonds. The van der Waals surface area contributed by atoms with Crippen LogP contribution in [0.15, 0.2) is 36.4 Å². The lowest BCUT2D eigenvalue weighted by Crippen LogP contribution is -2.15. The van der Waals surface area contributed by atoms with Crippen LogP contribution in [0, 0.1) is 18.8 Å². The fourth-order valence-electron chi connectivity index (χ4n) is 1.98. The zero-order chi connectivity index (χ0) is 16.7. The van der Waals surface area contributed by atoms with Crippen molar-refractivity contribution in [2.24, 2.45) is 0 Å². The van der Waals surface area contributed by atoms with Gasteiger partial charge in [0.05, 0.1) is 12.2 Å². The van der Waals surface area contributed by atoms with Gasteiger partial charge in [0, 0.05) is 23.9 Å². The van der Waals surface area contributed by atoms with Gasteiger partial charge in [0.25, 0.3) is 5.91 Å². The maximum Gasteiger partial charge on any atom is 0.259 e. The summed E-state index contributed by atoms with van der Waals surface area (Å²) in [5.41, 5.74) is 7.54. The second kappa shape index (κ2) is 7.85. The molecule has 5 heteroatoms. The van der Waals surface area contributed by atoms with Crippen molar-refractivity contribution in [3.63, 3.8) is 0 Å². The Balaban J connectivity index is 2.04. The molecule has 0 radical (unpaired) electrons. The molecule has 2 rings (SSSR count). The number of anilines is 2. The molecule has 0 saturated carbocycles. The van der Waals surface area contributed by atoms with Crippen molar-refractivity contribution in [3.8, 4) is 17.6 Å². The molecule has 0 fully saturated rings. The molecule has 23 heavy (non-hydrogen) atoms. The summed E-state index contributed by atoms with van der Waals surface area (Å²) in [5, 5.41) is 2.79. The number of ether oxygens (including phenoxy) is 1. The first kappa shape index (κ1) is 16.4. The van der Waals surface area contributed by atoms with Crippen LogP contribution < -0.4 is 15.8 Å². The quantitative estimate of drug-likeness (QED) is 0.657. The molecule has 0 unspecified atom stereocenters. The highest BCUT2D eigenvalue weighted by molar-refractivity contribution is 6.07. The summed E-state index contributed by atoms with van der Waals surface area (Å²) in [6.45, 7) is 4.12. The van der Waals surface area contributed by atoms with Crippen LogP contribution in [0.5, 0.6) is 5.75 Å². The van der Waals surface area contributed by atoms with Crippen molar-refractivity contribution >= 4 is 17.4 Å². The Bertz CT molecular complexity index is 760. The number of hydrogen-bond acceptors (Lipinski definition) is 4. The fourth-order valence-corrected chi connectivity index (χ4v) is 1.98. The summed E-state index contributed by atoms with van der Waals surface area (Å²) < 4.78 is 5.58. The average Bonchev–Trinajstić information content (AvgIpc) is 2.52. The van der Waals surface area contributed by atoms with Gasteiger partial charge in [-0.15, -0.1) is 11.8 Å². The second-order valence-electron chi connectivity index (χ2n) is 4.89. The lowest BCUT2D eigenvalue weighted by atomic mass is 10.2. The minimum atomic E-state index is -0.302. The predicted molar refractivity (Wildman–Crippen MR) is 91.3 cm³/mol. The summed E-state index contributed by atoms with van der Waals surface area (Å²) >= 11 is 0. The number of pyridine rings is 1. The van der Waals surface area contributed by atoms with E-state index in [1.165, 1.54) is 0 Å². The van der Waals surface area contributed by atoms with Gasteiger partial charge >= 0.3 is 0 Å². The Kier molecular flexibility index (Phi) is 5.59. The van der Waals surface area contributed by atoms with E-state index in [9.17, 15) is 4.79 Å². The van der Waals surface area contributed by atoms with Crippen LogP contribution in [0.4, 0.5) is 11.5 Å². The van der Waals surface area contributed by atoms with Crippen molar-refractivity contribution < 1.29 is 9.53 Å². The molecule has 0 saturated heterocycles. The minimum absolute atomic E-state index is 0.216. The van der Waals surface area contributed by atoms with E-state index in [1.54, 1.807) is 31.2 Å². The number of benzene rings is 1. The van der Waals surface area contributed by atoms with Crippen molar-refractivity contribution in [1.29, 1.82) is 0 Å². The molecule has 0 aliphatic rings. The van der Waals surface area contributed by atoms with E-state index in [1.807, 2.05) is 19.1 Å². The normalized spacial score (nSPS) is 9.65. The summed E-state index contributed by atoms with van der Waals surface area (Å²) in [4.78, 5) is 16.4. The number of nitrogens with zero attached hydrogens (tertiary/aromatic N) is 1. The average molecular weight is 309 g/mol. The fraction of sp³-hybridized carbons (Fsp3) is 0.222. The molecule has 118 valence electrons. The molecule has 1 aromatic heterocycles. The number of nitrogens with one attached hydrogen (secondary N) is 1. The monoisotopic (exact) mass is 309 g/mol.